The van der Waals surface area contributed by atoms with E-state index in [1.165, 1.54) is 0 Å². The smallest absolute Gasteiger partial charge is 0.303 e. The minimum absolute atomic E-state index is 0.233. The van der Waals surface area contributed by atoms with E-state index in [2.05, 4.69) is 0 Å². The number of hydrogen-bond acceptors (Lipinski definition) is 2. The number of aromatic hydroxyl groups is 1. The zero-order valence-electron chi connectivity index (χ0n) is 8.86. The zero-order chi connectivity index (χ0) is 11.3. The van der Waals surface area contributed by atoms with Gasteiger partial charge < -0.3 is 10.2 Å². The molecule has 1 aromatic rings. The van der Waals surface area contributed by atoms with Crippen molar-refractivity contribution in [3.8, 4) is 5.75 Å². The highest BCUT2D eigenvalue weighted by Gasteiger charge is 2.00. The number of unbranched alkanes of at least 4 members (excludes halogenated alkanes) is 1. The van der Waals surface area contributed by atoms with E-state index in [-0.39, 0.29) is 6.42 Å². The summed E-state index contributed by atoms with van der Waals surface area (Å²) in [6.45, 7) is 1.86. The third-order valence-corrected chi connectivity index (χ3v) is 2.37. The second-order valence-electron chi connectivity index (χ2n) is 3.72. The van der Waals surface area contributed by atoms with Gasteiger partial charge in [0.1, 0.15) is 5.75 Å². The summed E-state index contributed by atoms with van der Waals surface area (Å²) in [4.78, 5) is 10.3. The maximum atomic E-state index is 10.3. The summed E-state index contributed by atoms with van der Waals surface area (Å²) in [5, 5.41) is 17.8. The van der Waals surface area contributed by atoms with E-state index in [1.807, 2.05) is 19.1 Å². The summed E-state index contributed by atoms with van der Waals surface area (Å²) in [6, 6.07) is 5.50. The molecule has 0 aliphatic heterocycles. The predicted molar refractivity (Wildman–Crippen MR) is 58.0 cm³/mol. The van der Waals surface area contributed by atoms with Crippen molar-refractivity contribution in [2.75, 3.05) is 0 Å². The first-order valence-corrected chi connectivity index (χ1v) is 5.10. The van der Waals surface area contributed by atoms with Crippen molar-refractivity contribution in [3.63, 3.8) is 0 Å². The fourth-order valence-electron chi connectivity index (χ4n) is 1.48. The maximum Gasteiger partial charge on any atom is 0.303 e. The van der Waals surface area contributed by atoms with Crippen molar-refractivity contribution < 1.29 is 15.0 Å². The molecule has 3 nitrogen and oxygen atoms in total. The second-order valence-corrected chi connectivity index (χ2v) is 3.72. The Kier molecular flexibility index (Phi) is 4.16. The quantitative estimate of drug-likeness (QED) is 0.731. The number of carbonyl (C=O) groups is 1. The number of aliphatic carboxylic acids is 1. The minimum atomic E-state index is -0.739. The Balaban J connectivity index is 2.38. The lowest BCUT2D eigenvalue weighted by Crippen LogP contribution is -1.95. The molecule has 0 unspecified atom stereocenters. The third kappa shape index (κ3) is 4.02. The summed E-state index contributed by atoms with van der Waals surface area (Å²) in [5.41, 5.74) is 2.02. The molecule has 82 valence electrons. The summed E-state index contributed by atoms with van der Waals surface area (Å²) in [5.74, 6) is -0.429. The van der Waals surface area contributed by atoms with Crippen LogP contribution in [0.25, 0.3) is 0 Å². The largest absolute Gasteiger partial charge is 0.508 e. The Morgan fingerprint density at radius 2 is 2.07 bits per heavy atom. The zero-order valence-corrected chi connectivity index (χ0v) is 8.86. The van der Waals surface area contributed by atoms with E-state index < -0.39 is 5.97 Å². The fourth-order valence-corrected chi connectivity index (χ4v) is 1.48. The van der Waals surface area contributed by atoms with Crippen LogP contribution in [0.1, 0.15) is 30.4 Å². The van der Waals surface area contributed by atoms with Gasteiger partial charge in [-0.1, -0.05) is 12.1 Å². The van der Waals surface area contributed by atoms with E-state index in [9.17, 15) is 9.90 Å². The Bertz CT molecular complexity index is 345. The topological polar surface area (TPSA) is 57.5 Å². The van der Waals surface area contributed by atoms with Gasteiger partial charge in [0.2, 0.25) is 0 Å². The van der Waals surface area contributed by atoms with E-state index in [4.69, 9.17) is 5.11 Å². The number of carboxylic acids is 1. The SMILES string of the molecule is Cc1cc(CCCCC(=O)O)ccc1O. The van der Waals surface area contributed by atoms with E-state index >= 15 is 0 Å². The highest BCUT2D eigenvalue weighted by Crippen LogP contribution is 2.18. The van der Waals surface area contributed by atoms with Gasteiger partial charge in [0.25, 0.3) is 0 Å². The number of phenolic OH excluding ortho intramolecular Hbond substituents is 1. The van der Waals surface area contributed by atoms with E-state index in [1.54, 1.807) is 6.07 Å². The average Bonchev–Trinajstić information content (AvgIpc) is 2.18. The van der Waals surface area contributed by atoms with Crippen LogP contribution in [0.15, 0.2) is 18.2 Å². The lowest BCUT2D eigenvalue weighted by Gasteiger charge is -2.03. The van der Waals surface area contributed by atoms with Crippen LogP contribution in [0.2, 0.25) is 0 Å². The number of aryl methyl sites for hydroxylation is 2. The van der Waals surface area contributed by atoms with Gasteiger partial charge in [-0.2, -0.15) is 0 Å². The van der Waals surface area contributed by atoms with Gasteiger partial charge in [0.05, 0.1) is 0 Å². The van der Waals surface area contributed by atoms with E-state index in [0.29, 0.717) is 12.2 Å². The van der Waals surface area contributed by atoms with Crippen molar-refractivity contribution in [2.24, 2.45) is 0 Å². The molecule has 1 rings (SSSR count). The molecule has 0 radical (unpaired) electrons. The predicted octanol–water partition coefficient (Wildman–Crippen LogP) is 2.50. The molecule has 0 saturated heterocycles. The second kappa shape index (κ2) is 5.39. The van der Waals surface area contributed by atoms with Crippen LogP contribution in [0.3, 0.4) is 0 Å². The molecule has 0 spiro atoms. The molecule has 0 aliphatic rings. The summed E-state index contributed by atoms with van der Waals surface area (Å²) >= 11 is 0. The van der Waals surface area contributed by atoms with Crippen molar-refractivity contribution in [1.82, 2.24) is 0 Å². The number of rotatable bonds is 5. The normalized spacial score (nSPS) is 10.2. The van der Waals surface area contributed by atoms with Crippen LogP contribution < -0.4 is 0 Å². The number of benzene rings is 1. The average molecular weight is 208 g/mol. The number of phenols is 1. The minimum Gasteiger partial charge on any atom is -0.508 e. The standard InChI is InChI=1S/C12H16O3/c1-9-8-10(6-7-11(9)13)4-2-3-5-12(14)15/h6-8,13H,2-5H2,1H3,(H,14,15). The highest BCUT2D eigenvalue weighted by molar-refractivity contribution is 5.66. The highest BCUT2D eigenvalue weighted by atomic mass is 16.4. The molecular weight excluding hydrogens is 192 g/mol. The Morgan fingerprint density at radius 3 is 2.67 bits per heavy atom. The van der Waals surface area contributed by atoms with Crippen molar-refractivity contribution in [2.45, 2.75) is 32.6 Å². The van der Waals surface area contributed by atoms with Gasteiger partial charge in [-0.05, 0) is 43.4 Å². The Morgan fingerprint density at radius 1 is 1.33 bits per heavy atom. The summed E-state index contributed by atoms with van der Waals surface area (Å²) < 4.78 is 0. The molecule has 0 fully saturated rings. The van der Waals surface area contributed by atoms with Gasteiger partial charge in [-0.3, -0.25) is 4.79 Å². The molecule has 0 bridgehead atoms. The van der Waals surface area contributed by atoms with Crippen molar-refractivity contribution in [1.29, 1.82) is 0 Å². The summed E-state index contributed by atoms with van der Waals surface area (Å²) in [6.07, 6.45) is 2.68. The lowest BCUT2D eigenvalue weighted by atomic mass is 10.0. The van der Waals surface area contributed by atoms with Crippen LogP contribution in [-0.2, 0) is 11.2 Å². The van der Waals surface area contributed by atoms with Gasteiger partial charge in [-0.25, -0.2) is 0 Å². The molecule has 1 aromatic carbocycles. The molecule has 0 saturated carbocycles. The van der Waals surface area contributed by atoms with Crippen molar-refractivity contribution >= 4 is 5.97 Å². The molecule has 0 aliphatic carbocycles. The monoisotopic (exact) mass is 208 g/mol. The van der Waals surface area contributed by atoms with Gasteiger partial charge in [-0.15, -0.1) is 0 Å². The molecule has 15 heavy (non-hydrogen) atoms. The van der Waals surface area contributed by atoms with Crippen LogP contribution >= 0.6 is 0 Å². The molecule has 0 amide bonds. The molecule has 3 heteroatoms. The first-order valence-electron chi connectivity index (χ1n) is 5.10. The fraction of sp³-hybridized carbons (Fsp3) is 0.417. The first-order chi connectivity index (χ1) is 7.09. The van der Waals surface area contributed by atoms with Crippen LogP contribution in [0.4, 0.5) is 0 Å². The third-order valence-electron chi connectivity index (χ3n) is 2.37. The molecule has 0 aromatic heterocycles. The Hall–Kier alpha value is -1.51. The maximum absolute atomic E-state index is 10.3. The first kappa shape index (κ1) is 11.6. The molecular formula is C12H16O3. The number of carboxylic acid groups (broad SMARTS) is 1. The van der Waals surface area contributed by atoms with Crippen LogP contribution in [0.5, 0.6) is 5.75 Å². The lowest BCUT2D eigenvalue weighted by molar-refractivity contribution is -0.137. The van der Waals surface area contributed by atoms with Gasteiger partial charge in [0, 0.05) is 6.42 Å². The Labute approximate surface area is 89.4 Å². The van der Waals surface area contributed by atoms with Gasteiger partial charge >= 0.3 is 5.97 Å². The van der Waals surface area contributed by atoms with Crippen LogP contribution in [-0.4, -0.2) is 16.2 Å². The van der Waals surface area contributed by atoms with Gasteiger partial charge in [0.15, 0.2) is 0 Å². The van der Waals surface area contributed by atoms with Crippen molar-refractivity contribution in [3.05, 3.63) is 29.3 Å². The van der Waals surface area contributed by atoms with E-state index in [0.717, 1.165) is 24.0 Å². The molecule has 0 atom stereocenters. The summed E-state index contributed by atoms with van der Waals surface area (Å²) in [7, 11) is 0. The molecule has 2 N–H and O–H groups in total. The van der Waals surface area contributed by atoms with Crippen LogP contribution in [0, 0.1) is 6.92 Å². The number of hydrogen-bond donors (Lipinski definition) is 2. The molecule has 0 heterocycles.